The van der Waals surface area contributed by atoms with E-state index >= 15 is 0 Å². The summed E-state index contributed by atoms with van der Waals surface area (Å²) in [6.07, 6.45) is -0.416. The number of hydrogen-bond acceptors (Lipinski definition) is 4. The molecule has 6 heteroatoms. The lowest BCUT2D eigenvalue weighted by atomic mass is 9.80. The molecule has 0 saturated carbocycles. The molecule has 1 atom stereocenters. The summed E-state index contributed by atoms with van der Waals surface area (Å²) in [5.41, 5.74) is 2.21. The number of rotatable bonds is 10. The van der Waals surface area contributed by atoms with Crippen LogP contribution < -0.4 is 4.74 Å². The molecule has 4 rings (SSSR count). The lowest BCUT2D eigenvalue weighted by Crippen LogP contribution is -2.38. The van der Waals surface area contributed by atoms with Crippen LogP contribution in [0.5, 0.6) is 5.75 Å². The van der Waals surface area contributed by atoms with Crippen LogP contribution in [0.15, 0.2) is 108 Å². The van der Waals surface area contributed by atoms with Crippen molar-refractivity contribution in [1.29, 1.82) is 0 Å². The van der Waals surface area contributed by atoms with Crippen LogP contribution in [0.3, 0.4) is 0 Å². The van der Waals surface area contributed by atoms with Crippen molar-refractivity contribution >= 4 is 27.5 Å². The molecule has 4 aromatic rings. The highest BCUT2D eigenvalue weighted by molar-refractivity contribution is 9.10. The normalized spacial score (nSPS) is 12.3. The topological polar surface area (TPSA) is 40.6 Å². The van der Waals surface area contributed by atoms with E-state index in [-0.39, 0.29) is 11.8 Å². The number of halogens is 2. The van der Waals surface area contributed by atoms with Crippen LogP contribution in [0.1, 0.15) is 16.7 Å². The maximum Gasteiger partial charge on any atom is 0.172 e. The van der Waals surface area contributed by atoms with Crippen molar-refractivity contribution in [3.63, 3.8) is 0 Å². The van der Waals surface area contributed by atoms with E-state index in [1.165, 1.54) is 0 Å². The molecule has 1 heterocycles. The number of methoxy groups -OCH3 is 1. The molecule has 34 heavy (non-hydrogen) atoms. The van der Waals surface area contributed by atoms with Gasteiger partial charge < -0.3 is 14.2 Å². The lowest BCUT2D eigenvalue weighted by molar-refractivity contribution is -0.0493. The third-order valence-electron chi connectivity index (χ3n) is 5.45. The molecule has 0 N–H and O–H groups in total. The van der Waals surface area contributed by atoms with Gasteiger partial charge in [-0.2, -0.15) is 0 Å². The third-order valence-corrected chi connectivity index (χ3v) is 6.17. The van der Waals surface area contributed by atoms with Gasteiger partial charge in [-0.05, 0) is 44.8 Å². The van der Waals surface area contributed by atoms with Crippen LogP contribution >= 0.6 is 27.5 Å². The predicted molar refractivity (Wildman–Crippen MR) is 138 cm³/mol. The van der Waals surface area contributed by atoms with Gasteiger partial charge in [0.1, 0.15) is 16.3 Å². The number of hydrogen-bond donors (Lipinski definition) is 0. The highest BCUT2D eigenvalue weighted by Gasteiger charge is 2.38. The summed E-state index contributed by atoms with van der Waals surface area (Å²) in [5, 5.41) is 0.274. The van der Waals surface area contributed by atoms with E-state index in [2.05, 4.69) is 57.3 Å². The zero-order chi connectivity index (χ0) is 23.8. The second kappa shape index (κ2) is 11.6. The summed E-state index contributed by atoms with van der Waals surface area (Å²) in [7, 11) is 1.64. The van der Waals surface area contributed by atoms with Gasteiger partial charge in [-0.1, -0.05) is 103 Å². The molecule has 0 saturated heterocycles. The Morgan fingerprint density at radius 3 is 1.71 bits per heavy atom. The van der Waals surface area contributed by atoms with Gasteiger partial charge in [0.05, 0.1) is 13.2 Å². The minimum absolute atomic E-state index is 0.249. The van der Waals surface area contributed by atoms with E-state index < -0.39 is 11.7 Å². The predicted octanol–water partition coefficient (Wildman–Crippen LogP) is 6.90. The molecule has 0 fully saturated rings. The van der Waals surface area contributed by atoms with E-state index in [0.29, 0.717) is 17.0 Å². The van der Waals surface area contributed by atoms with Crippen LogP contribution in [-0.4, -0.2) is 31.4 Å². The molecule has 1 aromatic heterocycles. The summed E-state index contributed by atoms with van der Waals surface area (Å²) >= 11 is 9.63. The number of pyridine rings is 1. The second-order valence-corrected chi connectivity index (χ2v) is 8.88. The average molecular weight is 539 g/mol. The van der Waals surface area contributed by atoms with Crippen LogP contribution in [-0.2, 0) is 15.1 Å². The molecule has 0 aliphatic carbocycles. The number of benzene rings is 3. The Morgan fingerprint density at radius 1 is 0.765 bits per heavy atom. The van der Waals surface area contributed by atoms with Crippen molar-refractivity contribution in [2.24, 2.45) is 0 Å². The van der Waals surface area contributed by atoms with Crippen molar-refractivity contribution < 1.29 is 14.2 Å². The summed E-state index contributed by atoms with van der Waals surface area (Å²) in [6.45, 7) is 0.569. The molecule has 1 unspecified atom stereocenters. The van der Waals surface area contributed by atoms with Gasteiger partial charge in [0, 0.05) is 7.11 Å². The minimum atomic E-state index is -0.846. The van der Waals surface area contributed by atoms with Gasteiger partial charge >= 0.3 is 0 Å². The second-order valence-electron chi connectivity index (χ2n) is 7.71. The van der Waals surface area contributed by atoms with Crippen LogP contribution in [0.25, 0.3) is 0 Å². The Morgan fingerprint density at radius 2 is 1.26 bits per heavy atom. The third kappa shape index (κ3) is 5.50. The monoisotopic (exact) mass is 537 g/mol. The maximum absolute atomic E-state index is 6.86. The van der Waals surface area contributed by atoms with Crippen molar-refractivity contribution in [2.45, 2.75) is 11.7 Å². The first-order valence-corrected chi connectivity index (χ1v) is 12.1. The molecule has 0 aliphatic heterocycles. The minimum Gasteiger partial charge on any atom is -0.482 e. The summed E-state index contributed by atoms with van der Waals surface area (Å²) in [6, 6.07) is 34.2. The lowest BCUT2D eigenvalue weighted by Gasteiger charge is -2.37. The molecule has 4 nitrogen and oxygen atoms in total. The molecule has 0 spiro atoms. The van der Waals surface area contributed by atoms with Crippen molar-refractivity contribution in [2.75, 3.05) is 20.3 Å². The van der Waals surface area contributed by atoms with Gasteiger partial charge in [0.2, 0.25) is 0 Å². The quantitative estimate of drug-likeness (QED) is 0.163. The fourth-order valence-corrected chi connectivity index (χ4v) is 4.57. The van der Waals surface area contributed by atoms with Crippen LogP contribution in [0.4, 0.5) is 0 Å². The Labute approximate surface area is 213 Å². The first-order chi connectivity index (χ1) is 16.6. The molecule has 3 aromatic carbocycles. The highest BCUT2D eigenvalue weighted by Crippen LogP contribution is 2.40. The van der Waals surface area contributed by atoms with Gasteiger partial charge in [-0.3, -0.25) is 0 Å². The highest BCUT2D eigenvalue weighted by atomic mass is 79.9. The van der Waals surface area contributed by atoms with Crippen LogP contribution in [0.2, 0.25) is 5.15 Å². The molecular weight excluding hydrogens is 514 g/mol. The fraction of sp³-hybridized carbons (Fsp3) is 0.179. The van der Waals surface area contributed by atoms with E-state index in [4.69, 9.17) is 25.8 Å². The summed E-state index contributed by atoms with van der Waals surface area (Å²) < 4.78 is 19.1. The molecule has 0 aliphatic rings. The van der Waals surface area contributed by atoms with E-state index in [1.807, 2.05) is 54.6 Å². The zero-order valence-corrected chi connectivity index (χ0v) is 21.1. The number of nitrogens with zero attached hydrogens (tertiary/aromatic N) is 1. The van der Waals surface area contributed by atoms with Crippen molar-refractivity contribution in [3.8, 4) is 5.75 Å². The molecule has 174 valence electrons. The van der Waals surface area contributed by atoms with Gasteiger partial charge in [-0.25, -0.2) is 4.98 Å². The summed E-state index contributed by atoms with van der Waals surface area (Å²) in [4.78, 5) is 4.21. The SMILES string of the molecule is COCC(COC(c1ccccc1)(c1ccccc1)c1ccccc1)Oc1ccc(Br)nc1Cl. The number of aromatic nitrogens is 1. The van der Waals surface area contributed by atoms with Gasteiger partial charge in [0.15, 0.2) is 10.9 Å². The van der Waals surface area contributed by atoms with E-state index in [0.717, 1.165) is 16.7 Å². The first-order valence-electron chi connectivity index (χ1n) is 10.9. The van der Waals surface area contributed by atoms with Crippen LogP contribution in [0, 0.1) is 0 Å². The standard InChI is InChI=1S/C28H25BrClNO3/c1-32-19-24(34-25-17-18-26(29)31-27(25)30)20-33-28(21-11-5-2-6-12-21,22-13-7-3-8-14-22)23-15-9-4-10-16-23/h2-18,24H,19-20H2,1H3. The fourth-order valence-electron chi connectivity index (χ4n) is 3.96. The van der Waals surface area contributed by atoms with Gasteiger partial charge in [-0.15, -0.1) is 0 Å². The Bertz CT molecular complexity index is 1080. The average Bonchev–Trinajstić information content (AvgIpc) is 2.88. The van der Waals surface area contributed by atoms with E-state index in [1.54, 1.807) is 19.2 Å². The molecule has 0 bridgehead atoms. The molecule has 0 amide bonds. The maximum atomic E-state index is 6.86. The summed E-state index contributed by atoms with van der Waals surface area (Å²) in [5.74, 6) is 0.472. The van der Waals surface area contributed by atoms with Gasteiger partial charge in [0.25, 0.3) is 0 Å². The first kappa shape index (κ1) is 24.4. The Balaban J connectivity index is 1.74. The molecular formula is C28H25BrClNO3. The largest absolute Gasteiger partial charge is 0.482 e. The smallest absolute Gasteiger partial charge is 0.172 e. The van der Waals surface area contributed by atoms with Crippen molar-refractivity contribution in [1.82, 2.24) is 4.98 Å². The Hall–Kier alpha value is -2.70. The van der Waals surface area contributed by atoms with E-state index in [9.17, 15) is 0 Å². The van der Waals surface area contributed by atoms with Crippen molar-refractivity contribution in [3.05, 3.63) is 130 Å². The Kier molecular flexibility index (Phi) is 8.35. The molecule has 0 radical (unpaired) electrons. The zero-order valence-electron chi connectivity index (χ0n) is 18.7. The number of ether oxygens (including phenoxy) is 3.